The Morgan fingerprint density at radius 3 is 2.58 bits per heavy atom. The Balaban J connectivity index is 2.07. The molecule has 2 atom stereocenters. The standard InChI is InChI=1S/C19H27NO6/c1-4-5-11-26-19(24-3)12-16(17(21)23-2)20(14-19)18(22)25-13-15-9-7-6-8-10-15/h6-10,16H,4-5,11-14H2,1-3H3/t16-,19?/m0/s1. The molecule has 1 saturated heterocycles. The minimum atomic E-state index is -1.03. The molecule has 0 radical (unpaired) electrons. The molecule has 0 aromatic heterocycles. The lowest BCUT2D eigenvalue weighted by atomic mass is 10.1. The van der Waals surface area contributed by atoms with E-state index in [9.17, 15) is 9.59 Å². The second kappa shape index (κ2) is 9.54. The van der Waals surface area contributed by atoms with Gasteiger partial charge in [-0.15, -0.1) is 0 Å². The van der Waals surface area contributed by atoms with E-state index >= 15 is 0 Å². The number of nitrogens with zero attached hydrogens (tertiary/aromatic N) is 1. The van der Waals surface area contributed by atoms with Gasteiger partial charge in [-0.3, -0.25) is 4.90 Å². The molecule has 7 heteroatoms. The number of amides is 1. The third-order valence-electron chi connectivity index (χ3n) is 4.44. The lowest BCUT2D eigenvalue weighted by Crippen LogP contribution is -2.43. The molecule has 0 bridgehead atoms. The van der Waals surface area contributed by atoms with Crippen LogP contribution in [-0.2, 0) is 30.3 Å². The van der Waals surface area contributed by atoms with Crippen molar-refractivity contribution in [3.05, 3.63) is 35.9 Å². The summed E-state index contributed by atoms with van der Waals surface area (Å²) in [5.74, 6) is -1.54. The number of carbonyl (C=O) groups excluding carboxylic acids is 2. The predicted molar refractivity (Wildman–Crippen MR) is 94.4 cm³/mol. The Morgan fingerprint density at radius 2 is 1.96 bits per heavy atom. The highest BCUT2D eigenvalue weighted by atomic mass is 16.7. The van der Waals surface area contributed by atoms with E-state index in [0.29, 0.717) is 6.61 Å². The second-order valence-corrected chi connectivity index (χ2v) is 6.23. The molecule has 0 N–H and O–H groups in total. The topological polar surface area (TPSA) is 74.3 Å². The molecule has 7 nitrogen and oxygen atoms in total. The van der Waals surface area contributed by atoms with Gasteiger partial charge >= 0.3 is 12.1 Å². The lowest BCUT2D eigenvalue weighted by molar-refractivity contribution is -0.213. The molecular weight excluding hydrogens is 338 g/mol. The first kappa shape index (κ1) is 20.2. The van der Waals surface area contributed by atoms with Gasteiger partial charge in [0.05, 0.1) is 20.3 Å². The summed E-state index contributed by atoms with van der Waals surface area (Å²) in [6, 6.07) is 8.55. The van der Waals surface area contributed by atoms with Gasteiger partial charge in [0.2, 0.25) is 0 Å². The smallest absolute Gasteiger partial charge is 0.411 e. The molecule has 1 aliphatic rings. The van der Waals surface area contributed by atoms with Crippen LogP contribution in [0.1, 0.15) is 31.7 Å². The third kappa shape index (κ3) is 4.95. The number of hydrogen-bond donors (Lipinski definition) is 0. The number of rotatable bonds is 8. The minimum Gasteiger partial charge on any atom is -0.467 e. The van der Waals surface area contributed by atoms with Crippen molar-refractivity contribution in [2.24, 2.45) is 0 Å². The summed E-state index contributed by atoms with van der Waals surface area (Å²) in [5.41, 5.74) is 0.867. The van der Waals surface area contributed by atoms with Gasteiger partial charge < -0.3 is 18.9 Å². The molecule has 0 aliphatic carbocycles. The molecule has 1 fully saturated rings. The van der Waals surface area contributed by atoms with E-state index in [2.05, 4.69) is 6.92 Å². The van der Waals surface area contributed by atoms with Crippen LogP contribution in [-0.4, -0.2) is 56.2 Å². The number of benzene rings is 1. The van der Waals surface area contributed by atoms with Gasteiger partial charge in [-0.1, -0.05) is 43.7 Å². The highest BCUT2D eigenvalue weighted by molar-refractivity contribution is 5.82. The van der Waals surface area contributed by atoms with Crippen molar-refractivity contribution >= 4 is 12.1 Å². The first-order chi connectivity index (χ1) is 12.5. The fraction of sp³-hybridized carbons (Fsp3) is 0.579. The highest BCUT2D eigenvalue weighted by Gasteiger charge is 2.51. The van der Waals surface area contributed by atoms with Crippen LogP contribution >= 0.6 is 0 Å². The minimum absolute atomic E-state index is 0.112. The molecule has 26 heavy (non-hydrogen) atoms. The van der Waals surface area contributed by atoms with E-state index in [-0.39, 0.29) is 19.6 Å². The summed E-state index contributed by atoms with van der Waals surface area (Å²) in [7, 11) is 2.81. The summed E-state index contributed by atoms with van der Waals surface area (Å²) in [6.45, 7) is 2.79. The summed E-state index contributed by atoms with van der Waals surface area (Å²) < 4.78 is 21.6. The maximum Gasteiger partial charge on any atom is 0.411 e. The van der Waals surface area contributed by atoms with Crippen LogP contribution in [0.4, 0.5) is 4.79 Å². The van der Waals surface area contributed by atoms with Crippen LogP contribution in [0.15, 0.2) is 30.3 Å². The van der Waals surface area contributed by atoms with Gasteiger partial charge in [-0.25, -0.2) is 9.59 Å². The predicted octanol–water partition coefficient (Wildman–Crippen LogP) is 2.73. The van der Waals surface area contributed by atoms with Crippen LogP contribution in [0, 0.1) is 0 Å². The average Bonchev–Trinajstić information content (AvgIpc) is 3.07. The number of unbranched alkanes of at least 4 members (excludes halogenated alkanes) is 1. The Morgan fingerprint density at radius 1 is 1.23 bits per heavy atom. The van der Waals surface area contributed by atoms with Crippen LogP contribution in [0.2, 0.25) is 0 Å². The van der Waals surface area contributed by atoms with Gasteiger partial charge in [0.1, 0.15) is 12.6 Å². The molecule has 0 saturated carbocycles. The number of methoxy groups -OCH3 is 2. The van der Waals surface area contributed by atoms with E-state index in [1.807, 2.05) is 30.3 Å². The number of likely N-dealkylation sites (tertiary alicyclic amines) is 1. The van der Waals surface area contributed by atoms with E-state index in [1.54, 1.807) is 0 Å². The number of hydrogen-bond acceptors (Lipinski definition) is 6. The number of esters is 1. The van der Waals surface area contributed by atoms with Crippen LogP contribution in [0.3, 0.4) is 0 Å². The molecule has 0 spiro atoms. The number of ether oxygens (including phenoxy) is 4. The van der Waals surface area contributed by atoms with Crippen molar-refractivity contribution in [2.75, 3.05) is 27.4 Å². The first-order valence-corrected chi connectivity index (χ1v) is 8.79. The van der Waals surface area contributed by atoms with E-state index < -0.39 is 23.9 Å². The summed E-state index contributed by atoms with van der Waals surface area (Å²) in [4.78, 5) is 26.0. The van der Waals surface area contributed by atoms with Crippen LogP contribution < -0.4 is 0 Å². The van der Waals surface area contributed by atoms with E-state index in [1.165, 1.54) is 19.1 Å². The van der Waals surface area contributed by atoms with Crippen molar-refractivity contribution in [1.29, 1.82) is 0 Å². The molecule has 1 heterocycles. The van der Waals surface area contributed by atoms with E-state index in [0.717, 1.165) is 18.4 Å². The first-order valence-electron chi connectivity index (χ1n) is 8.79. The van der Waals surface area contributed by atoms with Crippen molar-refractivity contribution in [1.82, 2.24) is 4.90 Å². The molecule has 1 amide bonds. The van der Waals surface area contributed by atoms with Crippen molar-refractivity contribution in [2.45, 2.75) is 44.6 Å². The van der Waals surface area contributed by atoms with Gasteiger partial charge in [0.15, 0.2) is 5.79 Å². The Hall–Kier alpha value is -2.12. The second-order valence-electron chi connectivity index (χ2n) is 6.23. The largest absolute Gasteiger partial charge is 0.467 e. The normalized spacial score (nSPS) is 22.3. The monoisotopic (exact) mass is 365 g/mol. The Kier molecular flexibility index (Phi) is 7.41. The molecular formula is C19H27NO6. The zero-order chi connectivity index (χ0) is 19.0. The molecule has 1 unspecified atom stereocenters. The van der Waals surface area contributed by atoms with Crippen molar-refractivity contribution in [3.8, 4) is 0 Å². The molecule has 1 aromatic carbocycles. The third-order valence-corrected chi connectivity index (χ3v) is 4.44. The molecule has 1 aliphatic heterocycles. The lowest BCUT2D eigenvalue weighted by Gasteiger charge is -2.27. The van der Waals surface area contributed by atoms with Gasteiger partial charge in [-0.2, -0.15) is 0 Å². The molecule has 1 aromatic rings. The van der Waals surface area contributed by atoms with Crippen LogP contribution in [0.5, 0.6) is 0 Å². The molecule has 144 valence electrons. The Labute approximate surface area is 154 Å². The summed E-state index contributed by atoms with van der Waals surface area (Å²) in [6.07, 6.45) is 1.46. The summed E-state index contributed by atoms with van der Waals surface area (Å²) >= 11 is 0. The quantitative estimate of drug-likeness (QED) is 0.401. The maximum atomic E-state index is 12.6. The van der Waals surface area contributed by atoms with Gasteiger partial charge in [0, 0.05) is 13.5 Å². The average molecular weight is 365 g/mol. The highest BCUT2D eigenvalue weighted by Crippen LogP contribution is 2.33. The fourth-order valence-electron chi connectivity index (χ4n) is 2.89. The SMILES string of the molecule is CCCCOC1(OC)C[C@@H](C(=O)OC)N(C(=O)OCc2ccccc2)C1. The van der Waals surface area contributed by atoms with E-state index in [4.69, 9.17) is 18.9 Å². The number of carbonyl (C=O) groups is 2. The van der Waals surface area contributed by atoms with Crippen LogP contribution in [0.25, 0.3) is 0 Å². The summed E-state index contributed by atoms with van der Waals surface area (Å²) in [5, 5.41) is 0. The molecule has 2 rings (SSSR count). The zero-order valence-corrected chi connectivity index (χ0v) is 15.6. The van der Waals surface area contributed by atoms with Gasteiger partial charge in [0.25, 0.3) is 0 Å². The maximum absolute atomic E-state index is 12.6. The van der Waals surface area contributed by atoms with Gasteiger partial charge in [-0.05, 0) is 12.0 Å². The van der Waals surface area contributed by atoms with Crippen molar-refractivity contribution < 1.29 is 28.5 Å². The zero-order valence-electron chi connectivity index (χ0n) is 15.6. The van der Waals surface area contributed by atoms with Crippen molar-refractivity contribution in [3.63, 3.8) is 0 Å². The Bertz CT molecular complexity index is 593. The fourth-order valence-corrected chi connectivity index (χ4v) is 2.89.